The Morgan fingerprint density at radius 1 is 1.44 bits per heavy atom. The van der Waals surface area contributed by atoms with E-state index in [0.717, 1.165) is 11.0 Å². The van der Waals surface area contributed by atoms with Crippen molar-refractivity contribution in [3.63, 3.8) is 0 Å². The first-order valence-corrected chi connectivity index (χ1v) is 5.22. The lowest BCUT2D eigenvalue weighted by atomic mass is 10.1. The van der Waals surface area contributed by atoms with Crippen LogP contribution in [0.2, 0.25) is 0 Å². The molecule has 0 saturated heterocycles. The molecule has 0 aromatic heterocycles. The smallest absolute Gasteiger partial charge is 0.326 e. The fourth-order valence-corrected chi connectivity index (χ4v) is 1.40. The molecule has 0 aliphatic rings. The third kappa shape index (κ3) is 2.58. The van der Waals surface area contributed by atoms with E-state index in [1.54, 1.807) is 0 Å². The summed E-state index contributed by atoms with van der Waals surface area (Å²) in [6.07, 6.45) is 0. The number of rotatable bonds is 4. The monoisotopic (exact) mass is 255 g/mol. The van der Waals surface area contributed by atoms with E-state index in [0.29, 0.717) is 0 Å². The molecule has 1 rings (SSSR count). The van der Waals surface area contributed by atoms with Crippen LogP contribution in [-0.2, 0) is 4.79 Å². The third-order valence-electron chi connectivity index (χ3n) is 2.67. The molecule has 5 nitrogen and oxygen atoms in total. The standard InChI is InChI=1S/C12H14FNO4/c1-7(12(16)17)14(2)11(15)10-8(13)5-4-6-9(10)18-3/h4-7H,1-3H3,(H,16,17). The minimum Gasteiger partial charge on any atom is -0.496 e. The molecule has 0 bridgehead atoms. The van der Waals surface area contributed by atoms with Crippen molar-refractivity contribution in [2.24, 2.45) is 0 Å². The van der Waals surface area contributed by atoms with E-state index in [-0.39, 0.29) is 11.3 Å². The van der Waals surface area contributed by atoms with Gasteiger partial charge in [-0.15, -0.1) is 0 Å². The summed E-state index contributed by atoms with van der Waals surface area (Å²) in [7, 11) is 2.61. The van der Waals surface area contributed by atoms with Crippen LogP contribution in [-0.4, -0.2) is 42.1 Å². The number of carboxylic acids is 1. The third-order valence-corrected chi connectivity index (χ3v) is 2.67. The number of benzene rings is 1. The number of aliphatic carboxylic acids is 1. The van der Waals surface area contributed by atoms with Gasteiger partial charge in [-0.3, -0.25) is 4.79 Å². The molecule has 0 spiro atoms. The second kappa shape index (κ2) is 5.48. The van der Waals surface area contributed by atoms with E-state index in [9.17, 15) is 14.0 Å². The van der Waals surface area contributed by atoms with E-state index >= 15 is 0 Å². The second-order valence-electron chi connectivity index (χ2n) is 3.75. The molecule has 6 heteroatoms. The first-order valence-electron chi connectivity index (χ1n) is 5.22. The van der Waals surface area contributed by atoms with Gasteiger partial charge in [0.25, 0.3) is 5.91 Å². The van der Waals surface area contributed by atoms with Gasteiger partial charge < -0.3 is 14.7 Å². The molecular formula is C12H14FNO4. The molecule has 1 aromatic carbocycles. The van der Waals surface area contributed by atoms with Gasteiger partial charge in [-0.1, -0.05) is 6.07 Å². The molecule has 0 fully saturated rings. The Bertz CT molecular complexity index is 475. The number of carboxylic acid groups (broad SMARTS) is 1. The number of amides is 1. The van der Waals surface area contributed by atoms with Crippen LogP contribution in [0.5, 0.6) is 5.75 Å². The van der Waals surface area contributed by atoms with Crippen molar-refractivity contribution in [2.45, 2.75) is 13.0 Å². The van der Waals surface area contributed by atoms with Crippen LogP contribution < -0.4 is 4.74 Å². The normalized spacial score (nSPS) is 11.8. The van der Waals surface area contributed by atoms with Crippen molar-refractivity contribution in [3.8, 4) is 5.75 Å². The number of likely N-dealkylation sites (N-methyl/N-ethyl adjacent to an activating group) is 1. The van der Waals surface area contributed by atoms with Crippen LogP contribution in [0.3, 0.4) is 0 Å². The summed E-state index contributed by atoms with van der Waals surface area (Å²) in [4.78, 5) is 23.8. The Balaban J connectivity index is 3.15. The van der Waals surface area contributed by atoms with Crippen molar-refractivity contribution < 1.29 is 23.8 Å². The molecule has 0 aliphatic carbocycles. The fourth-order valence-electron chi connectivity index (χ4n) is 1.40. The number of halogens is 1. The van der Waals surface area contributed by atoms with Gasteiger partial charge in [0, 0.05) is 7.05 Å². The summed E-state index contributed by atoms with van der Waals surface area (Å²) in [5.41, 5.74) is -0.268. The minimum absolute atomic E-state index is 0.0736. The van der Waals surface area contributed by atoms with E-state index in [4.69, 9.17) is 9.84 Å². The minimum atomic E-state index is -1.17. The molecule has 0 heterocycles. The summed E-state index contributed by atoms with van der Waals surface area (Å²) in [6.45, 7) is 1.34. The van der Waals surface area contributed by atoms with E-state index in [2.05, 4.69) is 0 Å². The number of carbonyl (C=O) groups excluding carboxylic acids is 1. The average molecular weight is 255 g/mol. The van der Waals surface area contributed by atoms with Crippen molar-refractivity contribution in [2.75, 3.05) is 14.2 Å². The van der Waals surface area contributed by atoms with Gasteiger partial charge in [0.1, 0.15) is 23.2 Å². The lowest BCUT2D eigenvalue weighted by molar-refractivity contribution is -0.141. The Kier molecular flexibility index (Phi) is 4.25. The fraction of sp³-hybridized carbons (Fsp3) is 0.333. The molecular weight excluding hydrogens is 241 g/mol. The first kappa shape index (κ1) is 14.0. The zero-order valence-corrected chi connectivity index (χ0v) is 10.3. The molecule has 0 radical (unpaired) electrons. The maximum Gasteiger partial charge on any atom is 0.326 e. The zero-order valence-electron chi connectivity index (χ0n) is 10.3. The summed E-state index contributed by atoms with van der Waals surface area (Å²) in [6, 6.07) is 2.91. The van der Waals surface area contributed by atoms with Crippen LogP contribution >= 0.6 is 0 Å². The quantitative estimate of drug-likeness (QED) is 0.882. The van der Waals surface area contributed by atoms with Gasteiger partial charge in [0.2, 0.25) is 0 Å². The van der Waals surface area contributed by atoms with Gasteiger partial charge in [-0.25, -0.2) is 9.18 Å². The predicted octanol–water partition coefficient (Wildman–Crippen LogP) is 1.38. The number of hydrogen-bond acceptors (Lipinski definition) is 3. The maximum atomic E-state index is 13.6. The summed E-state index contributed by atoms with van der Waals surface area (Å²) in [5, 5.41) is 8.83. The topological polar surface area (TPSA) is 66.8 Å². The lowest BCUT2D eigenvalue weighted by Crippen LogP contribution is -2.40. The molecule has 1 unspecified atom stereocenters. The SMILES string of the molecule is COc1cccc(F)c1C(=O)N(C)C(C)C(=O)O. The number of nitrogens with zero attached hydrogens (tertiary/aromatic N) is 1. The van der Waals surface area contributed by atoms with E-state index in [1.807, 2.05) is 0 Å². The number of methoxy groups -OCH3 is 1. The van der Waals surface area contributed by atoms with Crippen LogP contribution in [0.15, 0.2) is 18.2 Å². The van der Waals surface area contributed by atoms with Crippen molar-refractivity contribution >= 4 is 11.9 Å². The van der Waals surface area contributed by atoms with Crippen LogP contribution in [0.25, 0.3) is 0 Å². The highest BCUT2D eigenvalue weighted by Crippen LogP contribution is 2.23. The van der Waals surface area contributed by atoms with Gasteiger partial charge in [0.15, 0.2) is 0 Å². The molecule has 1 aromatic rings. The molecule has 18 heavy (non-hydrogen) atoms. The van der Waals surface area contributed by atoms with Gasteiger partial charge >= 0.3 is 5.97 Å². The number of ether oxygens (including phenoxy) is 1. The molecule has 1 amide bonds. The Hall–Kier alpha value is -2.11. The maximum absolute atomic E-state index is 13.6. The van der Waals surface area contributed by atoms with Gasteiger partial charge in [0.05, 0.1) is 7.11 Å². The van der Waals surface area contributed by atoms with Gasteiger partial charge in [-0.2, -0.15) is 0 Å². The highest BCUT2D eigenvalue weighted by Gasteiger charge is 2.27. The lowest BCUT2D eigenvalue weighted by Gasteiger charge is -2.22. The first-order chi connectivity index (χ1) is 8.40. The average Bonchev–Trinajstić information content (AvgIpc) is 2.35. The zero-order chi connectivity index (χ0) is 13.9. The summed E-state index contributed by atoms with van der Waals surface area (Å²) < 4.78 is 18.5. The Labute approximate surface area is 104 Å². The van der Waals surface area contributed by atoms with Crippen molar-refractivity contribution in [1.29, 1.82) is 0 Å². The van der Waals surface area contributed by atoms with Crippen LogP contribution in [0.1, 0.15) is 17.3 Å². The van der Waals surface area contributed by atoms with Crippen LogP contribution in [0.4, 0.5) is 4.39 Å². The summed E-state index contributed by atoms with van der Waals surface area (Å²) in [5.74, 6) is -2.57. The number of hydrogen-bond donors (Lipinski definition) is 1. The van der Waals surface area contributed by atoms with E-state index in [1.165, 1.54) is 33.2 Å². The highest BCUT2D eigenvalue weighted by atomic mass is 19.1. The van der Waals surface area contributed by atoms with Crippen LogP contribution in [0, 0.1) is 5.82 Å². The Morgan fingerprint density at radius 2 is 2.06 bits per heavy atom. The Morgan fingerprint density at radius 3 is 2.56 bits per heavy atom. The molecule has 0 aliphatic heterocycles. The summed E-state index contributed by atoms with van der Waals surface area (Å²) >= 11 is 0. The highest BCUT2D eigenvalue weighted by molar-refractivity contribution is 5.99. The van der Waals surface area contributed by atoms with Gasteiger partial charge in [-0.05, 0) is 19.1 Å². The molecule has 1 N–H and O–H groups in total. The second-order valence-corrected chi connectivity index (χ2v) is 3.75. The largest absolute Gasteiger partial charge is 0.496 e. The predicted molar refractivity (Wildman–Crippen MR) is 62.1 cm³/mol. The number of carbonyl (C=O) groups is 2. The van der Waals surface area contributed by atoms with Crippen molar-refractivity contribution in [1.82, 2.24) is 4.90 Å². The molecule has 1 atom stereocenters. The van der Waals surface area contributed by atoms with E-state index < -0.39 is 23.7 Å². The van der Waals surface area contributed by atoms with Crippen molar-refractivity contribution in [3.05, 3.63) is 29.6 Å². The molecule has 98 valence electrons. The molecule has 0 saturated carbocycles.